The van der Waals surface area contributed by atoms with Crippen LogP contribution in [-0.2, 0) is 31.5 Å². The van der Waals surface area contributed by atoms with E-state index in [1.54, 1.807) is 24.3 Å². The first-order valence-electron chi connectivity index (χ1n) is 10.2. The number of ether oxygens (including phenoxy) is 1. The number of carbonyl (C=O) groups is 2. The van der Waals surface area contributed by atoms with Gasteiger partial charge in [0.25, 0.3) is 5.91 Å². The summed E-state index contributed by atoms with van der Waals surface area (Å²) >= 11 is 0. The molecule has 0 aliphatic heterocycles. The van der Waals surface area contributed by atoms with Gasteiger partial charge in [0, 0.05) is 5.69 Å². The molecular formula is C24H26N2O6S. The molecule has 174 valence electrons. The van der Waals surface area contributed by atoms with Gasteiger partial charge >= 0.3 is 5.97 Å². The molecule has 0 spiro atoms. The third kappa shape index (κ3) is 6.77. The van der Waals surface area contributed by atoms with E-state index < -0.39 is 28.5 Å². The molecule has 0 radical (unpaired) electrons. The molecule has 0 saturated heterocycles. The standard InChI is InChI=1S/C24H26N2O6S/c1-24(2,3)18-9-11-19(12-10-18)26-22(27)16-32-23(28)17-6-4-8-21(14-17)33(29,30)25-15-20-7-5-13-31-20/h4-14,25H,15-16H2,1-3H3,(H,26,27). The molecule has 33 heavy (non-hydrogen) atoms. The first-order chi connectivity index (χ1) is 15.5. The van der Waals surface area contributed by atoms with Crippen molar-refractivity contribution in [1.82, 2.24) is 4.72 Å². The minimum absolute atomic E-state index is 0.00558. The van der Waals surface area contributed by atoms with Gasteiger partial charge in [-0.3, -0.25) is 4.79 Å². The molecule has 9 heteroatoms. The van der Waals surface area contributed by atoms with E-state index in [1.807, 2.05) is 12.1 Å². The fourth-order valence-corrected chi connectivity index (χ4v) is 3.96. The number of benzene rings is 2. The number of hydrogen-bond acceptors (Lipinski definition) is 6. The average Bonchev–Trinajstić information content (AvgIpc) is 3.30. The van der Waals surface area contributed by atoms with Gasteiger partial charge in [-0.2, -0.15) is 0 Å². The number of sulfonamides is 1. The van der Waals surface area contributed by atoms with Gasteiger partial charge < -0.3 is 14.5 Å². The molecule has 1 amide bonds. The highest BCUT2D eigenvalue weighted by molar-refractivity contribution is 7.89. The zero-order valence-electron chi connectivity index (χ0n) is 18.6. The summed E-state index contributed by atoms with van der Waals surface area (Å²) in [5.41, 5.74) is 1.72. The first kappa shape index (κ1) is 24.2. The van der Waals surface area contributed by atoms with E-state index >= 15 is 0 Å². The Labute approximate surface area is 193 Å². The Morgan fingerprint density at radius 1 is 1.00 bits per heavy atom. The van der Waals surface area contributed by atoms with E-state index in [2.05, 4.69) is 30.8 Å². The van der Waals surface area contributed by atoms with Crippen LogP contribution in [0.5, 0.6) is 0 Å². The molecule has 0 saturated carbocycles. The topological polar surface area (TPSA) is 115 Å². The summed E-state index contributed by atoms with van der Waals surface area (Å²) in [6.07, 6.45) is 1.44. The highest BCUT2D eigenvalue weighted by Crippen LogP contribution is 2.23. The number of nitrogens with one attached hydrogen (secondary N) is 2. The Hall–Kier alpha value is -3.43. The molecule has 3 rings (SSSR count). The summed E-state index contributed by atoms with van der Waals surface area (Å²) in [5.74, 6) is -0.861. The van der Waals surface area contributed by atoms with Crippen molar-refractivity contribution >= 4 is 27.6 Å². The third-order valence-corrected chi connectivity index (χ3v) is 6.16. The van der Waals surface area contributed by atoms with Crippen LogP contribution in [0, 0.1) is 0 Å². The summed E-state index contributed by atoms with van der Waals surface area (Å²) in [5, 5.41) is 2.66. The van der Waals surface area contributed by atoms with Crippen molar-refractivity contribution < 1.29 is 27.2 Å². The molecule has 1 heterocycles. The molecule has 0 aliphatic rings. The summed E-state index contributed by atoms with van der Waals surface area (Å²) in [4.78, 5) is 24.4. The number of esters is 1. The molecule has 8 nitrogen and oxygen atoms in total. The smallest absolute Gasteiger partial charge is 0.338 e. The third-order valence-electron chi connectivity index (χ3n) is 4.77. The lowest BCUT2D eigenvalue weighted by Crippen LogP contribution is -2.24. The van der Waals surface area contributed by atoms with Crippen LogP contribution in [-0.4, -0.2) is 26.9 Å². The maximum Gasteiger partial charge on any atom is 0.338 e. The molecule has 0 atom stereocenters. The molecule has 3 aromatic rings. The fourth-order valence-electron chi connectivity index (χ4n) is 2.92. The SMILES string of the molecule is CC(C)(C)c1ccc(NC(=O)COC(=O)c2cccc(S(=O)(=O)NCc3ccco3)c2)cc1. The van der Waals surface area contributed by atoms with Gasteiger partial charge in [0.2, 0.25) is 10.0 Å². The van der Waals surface area contributed by atoms with Crippen molar-refractivity contribution in [2.75, 3.05) is 11.9 Å². The molecule has 0 bridgehead atoms. The van der Waals surface area contributed by atoms with Crippen LogP contribution in [0.25, 0.3) is 0 Å². The number of rotatable bonds is 8. The van der Waals surface area contributed by atoms with Crippen molar-refractivity contribution in [2.24, 2.45) is 0 Å². The monoisotopic (exact) mass is 470 g/mol. The minimum atomic E-state index is -3.88. The average molecular weight is 471 g/mol. The number of carbonyl (C=O) groups excluding carboxylic acids is 2. The minimum Gasteiger partial charge on any atom is -0.468 e. The van der Waals surface area contributed by atoms with Crippen molar-refractivity contribution in [2.45, 2.75) is 37.6 Å². The largest absolute Gasteiger partial charge is 0.468 e. The molecular weight excluding hydrogens is 444 g/mol. The zero-order chi connectivity index (χ0) is 24.1. The van der Waals surface area contributed by atoms with Crippen molar-refractivity contribution in [3.63, 3.8) is 0 Å². The highest BCUT2D eigenvalue weighted by atomic mass is 32.2. The van der Waals surface area contributed by atoms with Crippen molar-refractivity contribution in [3.05, 3.63) is 83.8 Å². The summed E-state index contributed by atoms with van der Waals surface area (Å²) < 4.78 is 37.5. The Balaban J connectivity index is 1.56. The molecule has 1 aromatic heterocycles. The van der Waals surface area contributed by atoms with E-state index in [0.717, 1.165) is 5.56 Å². The molecule has 0 fully saturated rings. The molecule has 2 N–H and O–H groups in total. The Morgan fingerprint density at radius 3 is 2.36 bits per heavy atom. The van der Waals surface area contributed by atoms with E-state index in [9.17, 15) is 18.0 Å². The number of furan rings is 1. The van der Waals surface area contributed by atoms with Gasteiger partial charge in [-0.1, -0.05) is 39.0 Å². The Bertz CT molecular complexity index is 1210. The second kappa shape index (κ2) is 10.0. The van der Waals surface area contributed by atoms with Crippen LogP contribution in [0.3, 0.4) is 0 Å². The maximum atomic E-state index is 12.5. The predicted octanol–water partition coefficient (Wildman–Crippen LogP) is 3.85. The van der Waals surface area contributed by atoms with Gasteiger partial charge in [0.1, 0.15) is 5.76 Å². The quantitative estimate of drug-likeness (QED) is 0.483. The van der Waals surface area contributed by atoms with Gasteiger partial charge in [-0.25, -0.2) is 17.9 Å². The maximum absolute atomic E-state index is 12.5. The van der Waals surface area contributed by atoms with Gasteiger partial charge in [0.15, 0.2) is 6.61 Å². The molecule has 2 aromatic carbocycles. The Morgan fingerprint density at radius 2 is 1.73 bits per heavy atom. The van der Waals surface area contributed by atoms with Gasteiger partial charge in [-0.15, -0.1) is 0 Å². The van der Waals surface area contributed by atoms with Gasteiger partial charge in [-0.05, 0) is 53.4 Å². The van der Waals surface area contributed by atoms with Crippen molar-refractivity contribution in [3.8, 4) is 0 Å². The normalized spacial score (nSPS) is 11.7. The van der Waals surface area contributed by atoms with Crippen LogP contribution in [0.4, 0.5) is 5.69 Å². The number of amides is 1. The summed E-state index contributed by atoms with van der Waals surface area (Å²) in [6.45, 7) is 5.74. The second-order valence-electron chi connectivity index (χ2n) is 8.38. The Kier molecular flexibility index (Phi) is 7.35. The lowest BCUT2D eigenvalue weighted by atomic mass is 9.87. The summed E-state index contributed by atoms with van der Waals surface area (Å²) in [7, 11) is -3.88. The van der Waals surface area contributed by atoms with Crippen LogP contribution < -0.4 is 10.0 Å². The summed E-state index contributed by atoms with van der Waals surface area (Å²) in [6, 6.07) is 16.1. The van der Waals surface area contributed by atoms with E-state index in [0.29, 0.717) is 11.4 Å². The molecule has 0 unspecified atom stereocenters. The van der Waals surface area contributed by atoms with Crippen LogP contribution in [0.1, 0.15) is 42.5 Å². The van der Waals surface area contributed by atoms with Crippen molar-refractivity contribution in [1.29, 1.82) is 0 Å². The van der Waals surface area contributed by atoms with Crippen LogP contribution in [0.2, 0.25) is 0 Å². The van der Waals surface area contributed by atoms with Gasteiger partial charge in [0.05, 0.1) is 23.3 Å². The predicted molar refractivity (Wildman–Crippen MR) is 123 cm³/mol. The van der Waals surface area contributed by atoms with Crippen LogP contribution in [0.15, 0.2) is 76.2 Å². The lowest BCUT2D eigenvalue weighted by molar-refractivity contribution is -0.119. The van der Waals surface area contributed by atoms with Crippen LogP contribution >= 0.6 is 0 Å². The highest BCUT2D eigenvalue weighted by Gasteiger charge is 2.18. The number of anilines is 1. The van der Waals surface area contributed by atoms with E-state index in [4.69, 9.17) is 9.15 Å². The number of hydrogen-bond donors (Lipinski definition) is 2. The molecule has 0 aliphatic carbocycles. The lowest BCUT2D eigenvalue weighted by Gasteiger charge is -2.19. The first-order valence-corrected chi connectivity index (χ1v) is 11.7. The fraction of sp³-hybridized carbons (Fsp3) is 0.250. The second-order valence-corrected chi connectivity index (χ2v) is 10.2. The zero-order valence-corrected chi connectivity index (χ0v) is 19.4. The van der Waals surface area contributed by atoms with E-state index in [1.165, 1.54) is 30.5 Å². The van der Waals surface area contributed by atoms with E-state index in [-0.39, 0.29) is 22.4 Å².